The van der Waals surface area contributed by atoms with E-state index in [0.29, 0.717) is 18.5 Å². The molecule has 1 heterocycles. The highest BCUT2D eigenvalue weighted by atomic mass is 16.2. The number of rotatable bonds is 3. The van der Waals surface area contributed by atoms with Gasteiger partial charge in [0, 0.05) is 16.8 Å². The Morgan fingerprint density at radius 1 is 0.939 bits per heavy atom. The van der Waals surface area contributed by atoms with E-state index in [4.69, 9.17) is 0 Å². The highest BCUT2D eigenvalue weighted by Gasteiger charge is 2.55. The number of hydrogen-bond acceptors (Lipinski definition) is 3. The summed E-state index contributed by atoms with van der Waals surface area (Å²) < 4.78 is 0. The van der Waals surface area contributed by atoms with E-state index in [1.807, 2.05) is 60.7 Å². The molecule has 1 unspecified atom stereocenters. The molecule has 6 nitrogen and oxygen atoms in total. The molecule has 2 N–H and O–H groups in total. The van der Waals surface area contributed by atoms with Crippen LogP contribution in [0.1, 0.15) is 28.7 Å². The van der Waals surface area contributed by atoms with Gasteiger partial charge >= 0.3 is 6.03 Å². The zero-order valence-electron chi connectivity index (χ0n) is 17.8. The zero-order chi connectivity index (χ0) is 22.8. The minimum atomic E-state index is -1.07. The van der Waals surface area contributed by atoms with Crippen LogP contribution in [0.15, 0.2) is 78.9 Å². The van der Waals surface area contributed by atoms with Crippen molar-refractivity contribution in [1.29, 1.82) is 0 Å². The van der Waals surface area contributed by atoms with Gasteiger partial charge in [0.25, 0.3) is 5.91 Å². The zero-order valence-corrected chi connectivity index (χ0v) is 17.8. The average molecular weight is 435 g/mol. The maximum absolute atomic E-state index is 13.2. The summed E-state index contributed by atoms with van der Waals surface area (Å²) in [6.07, 6.45) is 1.20. The Morgan fingerprint density at radius 2 is 1.67 bits per heavy atom. The smallest absolute Gasteiger partial charge is 0.324 e. The lowest BCUT2D eigenvalue weighted by atomic mass is 9.92. The molecule has 1 atom stereocenters. The second-order valence-electron chi connectivity index (χ2n) is 8.13. The molecular formula is C27H21N3O3. The second kappa shape index (κ2) is 8.29. The topological polar surface area (TPSA) is 78.5 Å². The average Bonchev–Trinajstić information content (AvgIpc) is 3.32. The number of nitrogens with zero attached hydrogens (tertiary/aromatic N) is 1. The SMILES string of the molecule is O=C(CN1C(=O)NC2(CCc3ccccc32)C1=O)Nc1cccc(C#Cc2ccccc2)c1. The van der Waals surface area contributed by atoms with E-state index in [9.17, 15) is 14.4 Å². The normalized spacial score (nSPS) is 18.5. The number of carbonyl (C=O) groups is 3. The maximum atomic E-state index is 13.2. The molecule has 6 heteroatoms. The van der Waals surface area contributed by atoms with Crippen molar-refractivity contribution in [3.63, 3.8) is 0 Å². The van der Waals surface area contributed by atoms with E-state index in [2.05, 4.69) is 22.5 Å². The largest absolute Gasteiger partial charge is 0.325 e. The number of benzene rings is 3. The van der Waals surface area contributed by atoms with Gasteiger partial charge in [-0.05, 0) is 54.3 Å². The molecule has 0 saturated carbocycles. The Morgan fingerprint density at radius 3 is 2.52 bits per heavy atom. The van der Waals surface area contributed by atoms with Crippen molar-refractivity contribution in [2.45, 2.75) is 18.4 Å². The highest BCUT2D eigenvalue weighted by molar-refractivity contribution is 6.10. The molecule has 0 radical (unpaired) electrons. The van der Waals surface area contributed by atoms with Gasteiger partial charge in [0.2, 0.25) is 5.91 Å². The van der Waals surface area contributed by atoms with Gasteiger partial charge in [0.15, 0.2) is 0 Å². The van der Waals surface area contributed by atoms with Crippen molar-refractivity contribution in [2.75, 3.05) is 11.9 Å². The molecule has 1 spiro atoms. The van der Waals surface area contributed by atoms with Crippen LogP contribution in [0, 0.1) is 11.8 Å². The van der Waals surface area contributed by atoms with E-state index in [-0.39, 0.29) is 12.5 Å². The number of anilines is 1. The van der Waals surface area contributed by atoms with Crippen LogP contribution in [-0.2, 0) is 21.5 Å². The molecular weight excluding hydrogens is 414 g/mol. The van der Waals surface area contributed by atoms with E-state index in [1.165, 1.54) is 0 Å². The minimum absolute atomic E-state index is 0.353. The third-order valence-corrected chi connectivity index (χ3v) is 6.00. The molecule has 5 rings (SSSR count). The first-order valence-electron chi connectivity index (χ1n) is 10.7. The summed E-state index contributed by atoms with van der Waals surface area (Å²) in [4.78, 5) is 39.5. The number of urea groups is 1. The third-order valence-electron chi connectivity index (χ3n) is 6.00. The van der Waals surface area contributed by atoms with E-state index < -0.39 is 17.5 Å². The Hall–Kier alpha value is -4.37. The van der Waals surface area contributed by atoms with Gasteiger partial charge in [-0.3, -0.25) is 14.5 Å². The van der Waals surface area contributed by atoms with Gasteiger partial charge in [-0.1, -0.05) is 60.4 Å². The summed E-state index contributed by atoms with van der Waals surface area (Å²) in [7, 11) is 0. The number of hydrogen-bond donors (Lipinski definition) is 2. The Kier molecular flexibility index (Phi) is 5.15. The van der Waals surface area contributed by atoms with Gasteiger partial charge in [0.05, 0.1) is 0 Å². The van der Waals surface area contributed by atoms with Gasteiger partial charge in [0.1, 0.15) is 12.1 Å². The summed E-state index contributed by atoms with van der Waals surface area (Å²) in [5.41, 5.74) is 2.98. The molecule has 33 heavy (non-hydrogen) atoms. The van der Waals surface area contributed by atoms with Crippen molar-refractivity contribution >= 4 is 23.5 Å². The number of carbonyl (C=O) groups excluding carboxylic acids is 3. The van der Waals surface area contributed by atoms with Crippen LogP contribution >= 0.6 is 0 Å². The summed E-state index contributed by atoms with van der Waals surface area (Å²) in [6, 6.07) is 23.8. The van der Waals surface area contributed by atoms with Crippen LogP contribution in [0.3, 0.4) is 0 Å². The Labute approximate surface area is 191 Å². The van der Waals surface area contributed by atoms with Gasteiger partial charge < -0.3 is 10.6 Å². The van der Waals surface area contributed by atoms with Crippen molar-refractivity contribution in [1.82, 2.24) is 10.2 Å². The van der Waals surface area contributed by atoms with Crippen LogP contribution in [0.2, 0.25) is 0 Å². The summed E-state index contributed by atoms with van der Waals surface area (Å²) in [5.74, 6) is 5.32. The highest BCUT2D eigenvalue weighted by Crippen LogP contribution is 2.41. The lowest BCUT2D eigenvalue weighted by Crippen LogP contribution is -2.43. The number of nitrogens with one attached hydrogen (secondary N) is 2. The Bertz CT molecular complexity index is 1320. The fourth-order valence-electron chi connectivity index (χ4n) is 4.42. The molecule has 4 amide bonds. The van der Waals surface area contributed by atoms with E-state index in [1.54, 1.807) is 18.2 Å². The predicted molar refractivity (Wildman–Crippen MR) is 124 cm³/mol. The van der Waals surface area contributed by atoms with Gasteiger partial charge in [-0.15, -0.1) is 0 Å². The lowest BCUT2D eigenvalue weighted by Gasteiger charge is -2.22. The van der Waals surface area contributed by atoms with Gasteiger partial charge in [-0.25, -0.2) is 4.79 Å². The van der Waals surface area contributed by atoms with Crippen molar-refractivity contribution < 1.29 is 14.4 Å². The number of fused-ring (bicyclic) bond motifs is 2. The van der Waals surface area contributed by atoms with Crippen molar-refractivity contribution in [2.24, 2.45) is 0 Å². The second-order valence-corrected chi connectivity index (χ2v) is 8.13. The minimum Gasteiger partial charge on any atom is -0.324 e. The number of amides is 4. The molecule has 1 aliphatic carbocycles. The molecule has 1 aliphatic heterocycles. The number of aryl methyl sites for hydroxylation is 1. The number of imide groups is 1. The van der Waals surface area contributed by atoms with Crippen LogP contribution in [0.4, 0.5) is 10.5 Å². The summed E-state index contributed by atoms with van der Waals surface area (Å²) in [6.45, 7) is -0.353. The molecule has 1 fully saturated rings. The Balaban J connectivity index is 1.28. The molecule has 1 saturated heterocycles. The van der Waals surface area contributed by atoms with Crippen LogP contribution in [0.25, 0.3) is 0 Å². The molecule has 2 aliphatic rings. The van der Waals surface area contributed by atoms with E-state index >= 15 is 0 Å². The summed E-state index contributed by atoms with van der Waals surface area (Å²) >= 11 is 0. The fraction of sp³-hybridized carbons (Fsp3) is 0.148. The van der Waals surface area contributed by atoms with Crippen molar-refractivity contribution in [3.8, 4) is 11.8 Å². The molecule has 0 aromatic heterocycles. The predicted octanol–water partition coefficient (Wildman–Crippen LogP) is 3.42. The van der Waals surface area contributed by atoms with E-state index in [0.717, 1.165) is 27.2 Å². The van der Waals surface area contributed by atoms with Crippen molar-refractivity contribution in [3.05, 3.63) is 101 Å². The standard InChI is InChI=1S/C27H21N3O3/c31-24(28-22-11-6-9-20(17-22)14-13-19-7-2-1-3-8-19)18-30-25(32)27(29-26(30)33)16-15-21-10-4-5-12-23(21)27/h1-12,17H,15-16,18H2,(H,28,31)(H,29,33). The fourth-order valence-corrected chi connectivity index (χ4v) is 4.42. The quantitative estimate of drug-likeness (QED) is 0.489. The van der Waals surface area contributed by atoms with Crippen LogP contribution in [-0.4, -0.2) is 29.3 Å². The first-order chi connectivity index (χ1) is 16.0. The molecule has 162 valence electrons. The third kappa shape index (κ3) is 3.85. The molecule has 3 aromatic rings. The van der Waals surface area contributed by atoms with Crippen LogP contribution < -0.4 is 10.6 Å². The molecule has 0 bridgehead atoms. The maximum Gasteiger partial charge on any atom is 0.325 e. The first-order valence-corrected chi connectivity index (χ1v) is 10.7. The lowest BCUT2D eigenvalue weighted by molar-refractivity contribution is -0.134. The van der Waals surface area contributed by atoms with Gasteiger partial charge in [-0.2, -0.15) is 0 Å². The molecule has 3 aromatic carbocycles. The first kappa shape index (κ1) is 20.5. The summed E-state index contributed by atoms with van der Waals surface area (Å²) in [5, 5.41) is 5.60. The van der Waals surface area contributed by atoms with Crippen LogP contribution in [0.5, 0.6) is 0 Å². The monoisotopic (exact) mass is 435 g/mol.